The smallest absolute Gasteiger partial charge is 0.133 e. The zero-order chi connectivity index (χ0) is 29.6. The normalized spacial score (nSPS) is 11.2. The van der Waals surface area contributed by atoms with Crippen LogP contribution in [0.1, 0.15) is 90.9 Å². The molecule has 0 N–H and O–H groups in total. The van der Waals surface area contributed by atoms with E-state index in [1.807, 2.05) is 24.3 Å². The molecule has 0 saturated heterocycles. The van der Waals surface area contributed by atoms with E-state index < -0.39 is 0 Å². The Balaban J connectivity index is 1.49. The third-order valence-electron chi connectivity index (χ3n) is 7.40. The minimum absolute atomic E-state index is 0.665. The van der Waals surface area contributed by atoms with Crippen LogP contribution >= 0.6 is 31.9 Å². The van der Waals surface area contributed by atoms with Gasteiger partial charge < -0.3 is 9.47 Å². The molecule has 0 saturated carbocycles. The Morgan fingerprint density at radius 2 is 0.976 bits per heavy atom. The molecular formula is C35H43Br2N3O2. The summed E-state index contributed by atoms with van der Waals surface area (Å²) in [6, 6.07) is 16.4. The maximum atomic E-state index is 6.03. The Labute approximate surface area is 268 Å². The number of nitrogens with zero attached hydrogens (tertiary/aromatic N) is 3. The number of ether oxygens (including phenoxy) is 2. The molecule has 0 aliphatic heterocycles. The molecule has 0 fully saturated rings. The van der Waals surface area contributed by atoms with E-state index in [4.69, 9.17) is 19.4 Å². The maximum Gasteiger partial charge on any atom is 0.133 e. The number of hydrogen-bond donors (Lipinski definition) is 0. The van der Waals surface area contributed by atoms with Crippen molar-refractivity contribution in [2.75, 3.05) is 13.2 Å². The largest absolute Gasteiger partial charge is 0.494 e. The lowest BCUT2D eigenvalue weighted by atomic mass is 10.0. The van der Waals surface area contributed by atoms with Crippen LogP contribution in [0, 0.1) is 0 Å². The number of rotatable bonds is 18. The molecule has 42 heavy (non-hydrogen) atoms. The monoisotopic (exact) mass is 695 g/mol. The zero-order valence-corrected chi connectivity index (χ0v) is 28.2. The summed E-state index contributed by atoms with van der Waals surface area (Å²) in [4.78, 5) is 14.6. The van der Waals surface area contributed by atoms with E-state index in [2.05, 4.69) is 75.0 Å². The Bertz CT molecular complexity index is 1270. The molecule has 4 rings (SSSR count). The molecule has 4 aromatic rings. The van der Waals surface area contributed by atoms with Crippen LogP contribution in [0.4, 0.5) is 0 Å². The molecule has 0 atom stereocenters. The lowest BCUT2D eigenvalue weighted by Gasteiger charge is -2.13. The van der Waals surface area contributed by atoms with Crippen molar-refractivity contribution in [1.29, 1.82) is 0 Å². The van der Waals surface area contributed by atoms with Crippen LogP contribution in [-0.4, -0.2) is 28.2 Å². The van der Waals surface area contributed by atoms with Gasteiger partial charge in [0.25, 0.3) is 0 Å². The van der Waals surface area contributed by atoms with Crippen LogP contribution in [0.25, 0.3) is 33.5 Å². The summed E-state index contributed by atoms with van der Waals surface area (Å²) < 4.78 is 13.5. The number of aromatic nitrogens is 3. The van der Waals surface area contributed by atoms with E-state index >= 15 is 0 Å². The third-order valence-corrected chi connectivity index (χ3v) is 8.56. The van der Waals surface area contributed by atoms with Crippen LogP contribution in [-0.2, 0) is 0 Å². The molecular weight excluding hydrogens is 654 g/mol. The van der Waals surface area contributed by atoms with Crippen LogP contribution in [0.5, 0.6) is 11.5 Å². The average Bonchev–Trinajstić information content (AvgIpc) is 3.02. The van der Waals surface area contributed by atoms with Crippen LogP contribution < -0.4 is 9.47 Å². The summed E-state index contributed by atoms with van der Waals surface area (Å²) in [7, 11) is 0. The van der Waals surface area contributed by atoms with Gasteiger partial charge >= 0.3 is 0 Å². The maximum absolute atomic E-state index is 6.03. The number of benzene rings is 2. The van der Waals surface area contributed by atoms with E-state index in [0.29, 0.717) is 10.1 Å². The van der Waals surface area contributed by atoms with Crippen molar-refractivity contribution >= 4 is 42.9 Å². The minimum atomic E-state index is 0.665. The molecule has 2 aromatic heterocycles. The molecule has 0 amide bonds. The summed E-state index contributed by atoms with van der Waals surface area (Å²) in [6.07, 6.45) is 16.8. The molecule has 0 aliphatic rings. The predicted molar refractivity (Wildman–Crippen MR) is 181 cm³/mol. The van der Waals surface area contributed by atoms with Crippen molar-refractivity contribution in [3.8, 4) is 34.0 Å². The zero-order valence-electron chi connectivity index (χ0n) is 25.0. The quantitative estimate of drug-likeness (QED) is 0.0765. The first-order chi connectivity index (χ1) is 20.6. The van der Waals surface area contributed by atoms with E-state index in [1.54, 1.807) is 6.20 Å². The van der Waals surface area contributed by atoms with E-state index in [1.165, 1.54) is 64.2 Å². The van der Waals surface area contributed by atoms with Crippen molar-refractivity contribution in [1.82, 2.24) is 15.0 Å². The summed E-state index contributed by atoms with van der Waals surface area (Å²) in [6.45, 7) is 5.98. The summed E-state index contributed by atoms with van der Waals surface area (Å²) in [5.74, 6) is 1.75. The number of unbranched alkanes of at least 4 members (excludes halogenated alkanes) is 10. The predicted octanol–water partition coefficient (Wildman–Crippen LogP) is 11.4. The molecule has 0 aliphatic carbocycles. The van der Waals surface area contributed by atoms with Gasteiger partial charge in [-0.2, -0.15) is 0 Å². The molecule has 5 nitrogen and oxygen atoms in total. The highest BCUT2D eigenvalue weighted by Gasteiger charge is 2.17. The first-order valence-corrected chi connectivity index (χ1v) is 17.2. The minimum Gasteiger partial charge on any atom is -0.494 e. The fourth-order valence-electron chi connectivity index (χ4n) is 4.95. The van der Waals surface area contributed by atoms with Crippen molar-refractivity contribution < 1.29 is 9.47 Å². The number of fused-ring (bicyclic) bond motifs is 1. The summed E-state index contributed by atoms with van der Waals surface area (Å²) >= 11 is 7.19. The fourth-order valence-corrected chi connectivity index (χ4v) is 5.70. The summed E-state index contributed by atoms with van der Waals surface area (Å²) in [5.41, 5.74) is 5.04. The van der Waals surface area contributed by atoms with E-state index in [0.717, 1.165) is 70.1 Å². The van der Waals surface area contributed by atoms with Gasteiger partial charge in [0.15, 0.2) is 0 Å². The summed E-state index contributed by atoms with van der Waals surface area (Å²) in [5, 5.41) is 0. The highest BCUT2D eigenvalue weighted by molar-refractivity contribution is 9.11. The van der Waals surface area contributed by atoms with E-state index in [9.17, 15) is 0 Å². The van der Waals surface area contributed by atoms with Crippen molar-refractivity contribution in [2.45, 2.75) is 90.9 Å². The topological polar surface area (TPSA) is 57.1 Å². The molecule has 0 unspecified atom stereocenters. The first-order valence-electron chi connectivity index (χ1n) is 15.6. The van der Waals surface area contributed by atoms with Gasteiger partial charge in [0, 0.05) is 17.3 Å². The number of hydrogen-bond acceptors (Lipinski definition) is 5. The van der Waals surface area contributed by atoms with Gasteiger partial charge in [-0.3, -0.25) is 0 Å². The number of halogens is 2. The van der Waals surface area contributed by atoms with Gasteiger partial charge in [-0.05, 0) is 93.2 Å². The van der Waals surface area contributed by atoms with E-state index in [-0.39, 0.29) is 0 Å². The van der Waals surface area contributed by atoms with Gasteiger partial charge in [-0.25, -0.2) is 15.0 Å². The second-order valence-corrected chi connectivity index (χ2v) is 12.4. The standard InChI is InChI=1S/C35H43Br2N3O2/c1-3-5-7-9-11-13-23-41-28-19-15-26(16-20-28)31-32(40-34-33(39-31)30(36)25-38-35(34)37)27-17-21-29(22-18-27)42-24-14-12-10-8-6-4-2/h15-22,25H,3-14,23-24H2,1-2H3. The molecule has 2 aromatic carbocycles. The molecule has 2 heterocycles. The third kappa shape index (κ3) is 9.50. The SMILES string of the molecule is CCCCCCCCOc1ccc(-c2nc3c(Br)cnc(Br)c3nc2-c2ccc(OCCCCCCCC)cc2)cc1. The van der Waals surface area contributed by atoms with Crippen molar-refractivity contribution in [3.63, 3.8) is 0 Å². The van der Waals surface area contributed by atoms with Gasteiger partial charge in [0.05, 0.1) is 29.1 Å². The molecule has 0 radical (unpaired) electrons. The van der Waals surface area contributed by atoms with Crippen LogP contribution in [0.15, 0.2) is 63.8 Å². The molecule has 224 valence electrons. The van der Waals surface area contributed by atoms with Gasteiger partial charge in [-0.1, -0.05) is 78.1 Å². The second-order valence-electron chi connectivity index (χ2n) is 10.8. The molecule has 0 spiro atoms. The Kier molecular flexibility index (Phi) is 13.6. The lowest BCUT2D eigenvalue weighted by Crippen LogP contribution is -2.00. The molecule has 7 heteroatoms. The van der Waals surface area contributed by atoms with Gasteiger partial charge in [-0.15, -0.1) is 0 Å². The average molecular weight is 698 g/mol. The van der Waals surface area contributed by atoms with Crippen LogP contribution in [0.3, 0.4) is 0 Å². The highest BCUT2D eigenvalue weighted by atomic mass is 79.9. The second kappa shape index (κ2) is 17.6. The van der Waals surface area contributed by atoms with Gasteiger partial charge in [0.2, 0.25) is 0 Å². The van der Waals surface area contributed by atoms with Crippen molar-refractivity contribution in [3.05, 3.63) is 63.8 Å². The fraction of sp³-hybridized carbons (Fsp3) is 0.457. The van der Waals surface area contributed by atoms with Crippen molar-refractivity contribution in [2.24, 2.45) is 0 Å². The van der Waals surface area contributed by atoms with Gasteiger partial charge in [0.1, 0.15) is 27.1 Å². The Hall–Kier alpha value is -2.51. The first kappa shape index (κ1) is 32.4. The Morgan fingerprint density at radius 3 is 1.45 bits per heavy atom. The lowest BCUT2D eigenvalue weighted by molar-refractivity contribution is 0.304. The Morgan fingerprint density at radius 1 is 0.548 bits per heavy atom. The van der Waals surface area contributed by atoms with Crippen LogP contribution in [0.2, 0.25) is 0 Å². The number of pyridine rings is 1. The highest BCUT2D eigenvalue weighted by Crippen LogP contribution is 2.36. The molecule has 0 bridgehead atoms.